The van der Waals surface area contributed by atoms with Gasteiger partial charge in [0, 0.05) is 22.5 Å². The Hall–Kier alpha value is -3.27. The van der Waals surface area contributed by atoms with Gasteiger partial charge in [-0.2, -0.15) is 0 Å². The molecule has 0 spiro atoms. The summed E-state index contributed by atoms with van der Waals surface area (Å²) in [4.78, 5) is 12.5. The van der Waals surface area contributed by atoms with Crippen molar-refractivity contribution < 1.29 is 9.53 Å². The molecule has 0 aromatic heterocycles. The number of nitrogen functional groups attached to an aromatic ring is 2. The molecule has 0 amide bonds. The summed E-state index contributed by atoms with van der Waals surface area (Å²) < 4.78 is 5.79. The lowest BCUT2D eigenvalue weighted by molar-refractivity contribution is 0.103. The van der Waals surface area contributed by atoms with Gasteiger partial charge in [0.25, 0.3) is 0 Å². The fourth-order valence-corrected chi connectivity index (χ4v) is 2.46. The molecule has 0 saturated carbocycles. The second kappa shape index (κ2) is 6.46. The molecule has 0 aliphatic carbocycles. The number of carbonyl (C=O) groups excluding carboxylic acids is 1. The number of hydrogen-bond acceptors (Lipinski definition) is 4. The van der Waals surface area contributed by atoms with Crippen LogP contribution in [0.1, 0.15) is 21.5 Å². The Labute approximate surface area is 140 Å². The Morgan fingerprint density at radius 3 is 2.08 bits per heavy atom. The third-order valence-corrected chi connectivity index (χ3v) is 3.58. The van der Waals surface area contributed by atoms with Crippen LogP contribution in [-0.4, -0.2) is 5.78 Å². The van der Waals surface area contributed by atoms with Crippen LogP contribution in [0.15, 0.2) is 66.7 Å². The van der Waals surface area contributed by atoms with Gasteiger partial charge in [0.15, 0.2) is 5.78 Å². The van der Waals surface area contributed by atoms with Crippen molar-refractivity contribution in [3.8, 4) is 11.5 Å². The minimum atomic E-state index is -0.129. The van der Waals surface area contributed by atoms with E-state index in [2.05, 4.69) is 0 Å². The molecule has 4 nitrogen and oxygen atoms in total. The SMILES string of the molecule is Cc1cccc(Oc2ccc(C(=O)c3cc(N)cc(N)c3)cc2)c1. The number of ketones is 1. The molecule has 120 valence electrons. The number of nitrogens with two attached hydrogens (primary N) is 2. The fraction of sp³-hybridized carbons (Fsp3) is 0.0500. The summed E-state index contributed by atoms with van der Waals surface area (Å²) >= 11 is 0. The molecule has 0 saturated heterocycles. The maximum Gasteiger partial charge on any atom is 0.193 e. The monoisotopic (exact) mass is 318 g/mol. The molecule has 0 unspecified atom stereocenters. The largest absolute Gasteiger partial charge is 0.457 e. The molecule has 3 rings (SSSR count). The van der Waals surface area contributed by atoms with E-state index in [1.165, 1.54) is 0 Å². The fourth-order valence-electron chi connectivity index (χ4n) is 2.46. The minimum absolute atomic E-state index is 0.129. The molecule has 0 radical (unpaired) electrons. The third kappa shape index (κ3) is 3.55. The number of hydrogen-bond donors (Lipinski definition) is 2. The summed E-state index contributed by atoms with van der Waals surface area (Å²) in [7, 11) is 0. The first-order valence-electron chi connectivity index (χ1n) is 7.56. The predicted molar refractivity (Wildman–Crippen MR) is 96.4 cm³/mol. The molecule has 0 heterocycles. The van der Waals surface area contributed by atoms with Crippen LogP contribution in [0.4, 0.5) is 11.4 Å². The van der Waals surface area contributed by atoms with Gasteiger partial charge in [-0.25, -0.2) is 0 Å². The summed E-state index contributed by atoms with van der Waals surface area (Å²) in [6.45, 7) is 2.01. The smallest absolute Gasteiger partial charge is 0.193 e. The molecule has 3 aromatic rings. The molecule has 0 aliphatic rings. The van der Waals surface area contributed by atoms with E-state index in [9.17, 15) is 4.79 Å². The molecule has 4 heteroatoms. The van der Waals surface area contributed by atoms with Crippen molar-refractivity contribution >= 4 is 17.2 Å². The Bertz CT molecular complexity index is 866. The lowest BCUT2D eigenvalue weighted by Crippen LogP contribution is -2.03. The van der Waals surface area contributed by atoms with E-state index in [4.69, 9.17) is 16.2 Å². The van der Waals surface area contributed by atoms with E-state index in [0.29, 0.717) is 28.3 Å². The molecule has 0 bridgehead atoms. The van der Waals surface area contributed by atoms with E-state index in [0.717, 1.165) is 11.3 Å². The van der Waals surface area contributed by atoms with Crippen molar-refractivity contribution in [2.24, 2.45) is 0 Å². The van der Waals surface area contributed by atoms with E-state index in [1.54, 1.807) is 42.5 Å². The summed E-state index contributed by atoms with van der Waals surface area (Å²) in [6, 6.07) is 19.6. The number of benzene rings is 3. The van der Waals surface area contributed by atoms with Gasteiger partial charge in [0.2, 0.25) is 0 Å². The van der Waals surface area contributed by atoms with E-state index < -0.39 is 0 Å². The van der Waals surface area contributed by atoms with Crippen molar-refractivity contribution in [3.05, 3.63) is 83.4 Å². The maximum absolute atomic E-state index is 12.5. The lowest BCUT2D eigenvalue weighted by Gasteiger charge is -2.08. The van der Waals surface area contributed by atoms with Gasteiger partial charge in [0.1, 0.15) is 11.5 Å². The van der Waals surface area contributed by atoms with Crippen molar-refractivity contribution in [2.75, 3.05) is 11.5 Å². The van der Waals surface area contributed by atoms with Gasteiger partial charge in [-0.15, -0.1) is 0 Å². The zero-order valence-electron chi connectivity index (χ0n) is 13.3. The standard InChI is InChI=1S/C20H18N2O2/c1-13-3-2-4-19(9-13)24-18-7-5-14(6-8-18)20(23)15-10-16(21)12-17(22)11-15/h2-12H,21-22H2,1H3. The molecular formula is C20H18N2O2. The number of ether oxygens (including phenoxy) is 1. The van der Waals surface area contributed by atoms with E-state index in [1.807, 2.05) is 31.2 Å². The van der Waals surface area contributed by atoms with Crippen LogP contribution in [0.3, 0.4) is 0 Å². The quantitative estimate of drug-likeness (QED) is 0.558. The number of rotatable bonds is 4. The maximum atomic E-state index is 12.5. The van der Waals surface area contributed by atoms with Gasteiger partial charge >= 0.3 is 0 Å². The Morgan fingerprint density at radius 1 is 0.792 bits per heavy atom. The van der Waals surface area contributed by atoms with Crippen LogP contribution in [0.25, 0.3) is 0 Å². The molecule has 0 atom stereocenters. The van der Waals surface area contributed by atoms with Crippen LogP contribution >= 0.6 is 0 Å². The van der Waals surface area contributed by atoms with Crippen LogP contribution in [0.2, 0.25) is 0 Å². The van der Waals surface area contributed by atoms with E-state index in [-0.39, 0.29) is 5.78 Å². The van der Waals surface area contributed by atoms with E-state index >= 15 is 0 Å². The Kier molecular flexibility index (Phi) is 4.20. The Morgan fingerprint density at radius 2 is 1.46 bits per heavy atom. The lowest BCUT2D eigenvalue weighted by atomic mass is 10.0. The number of carbonyl (C=O) groups is 1. The van der Waals surface area contributed by atoms with Crippen LogP contribution in [0, 0.1) is 6.92 Å². The average molecular weight is 318 g/mol. The summed E-state index contributed by atoms with van der Waals surface area (Å²) in [6.07, 6.45) is 0. The topological polar surface area (TPSA) is 78.3 Å². The molecule has 0 aliphatic heterocycles. The normalized spacial score (nSPS) is 10.4. The highest BCUT2D eigenvalue weighted by Gasteiger charge is 2.10. The molecular weight excluding hydrogens is 300 g/mol. The first kappa shape index (κ1) is 15.6. The molecule has 3 aromatic carbocycles. The van der Waals surface area contributed by atoms with Crippen LogP contribution < -0.4 is 16.2 Å². The number of anilines is 2. The summed E-state index contributed by atoms with van der Waals surface area (Å²) in [5.74, 6) is 1.30. The van der Waals surface area contributed by atoms with Crippen LogP contribution in [0.5, 0.6) is 11.5 Å². The van der Waals surface area contributed by atoms with Gasteiger partial charge in [-0.1, -0.05) is 12.1 Å². The molecule has 0 fully saturated rings. The predicted octanol–water partition coefficient (Wildman–Crippen LogP) is 4.18. The van der Waals surface area contributed by atoms with Crippen molar-refractivity contribution in [1.82, 2.24) is 0 Å². The summed E-state index contributed by atoms with van der Waals surface area (Å²) in [5.41, 5.74) is 14.6. The zero-order valence-corrected chi connectivity index (χ0v) is 13.3. The molecule has 24 heavy (non-hydrogen) atoms. The van der Waals surface area contributed by atoms with Crippen molar-refractivity contribution in [2.45, 2.75) is 6.92 Å². The highest BCUT2D eigenvalue weighted by Crippen LogP contribution is 2.24. The van der Waals surface area contributed by atoms with Crippen molar-refractivity contribution in [1.29, 1.82) is 0 Å². The second-order valence-corrected chi connectivity index (χ2v) is 5.66. The first-order chi connectivity index (χ1) is 11.5. The van der Waals surface area contributed by atoms with Crippen LogP contribution in [-0.2, 0) is 0 Å². The number of aryl methyl sites for hydroxylation is 1. The summed E-state index contributed by atoms with van der Waals surface area (Å²) in [5, 5.41) is 0. The average Bonchev–Trinajstić information content (AvgIpc) is 2.54. The highest BCUT2D eigenvalue weighted by molar-refractivity contribution is 6.10. The van der Waals surface area contributed by atoms with Gasteiger partial charge in [0.05, 0.1) is 0 Å². The highest BCUT2D eigenvalue weighted by atomic mass is 16.5. The minimum Gasteiger partial charge on any atom is -0.457 e. The Balaban J connectivity index is 1.80. The van der Waals surface area contributed by atoms with Gasteiger partial charge in [-0.05, 0) is 67.1 Å². The van der Waals surface area contributed by atoms with Crippen molar-refractivity contribution in [3.63, 3.8) is 0 Å². The van der Waals surface area contributed by atoms with Gasteiger partial charge < -0.3 is 16.2 Å². The zero-order chi connectivity index (χ0) is 17.1. The first-order valence-corrected chi connectivity index (χ1v) is 7.56. The van der Waals surface area contributed by atoms with Gasteiger partial charge in [-0.3, -0.25) is 4.79 Å². The molecule has 4 N–H and O–H groups in total. The second-order valence-electron chi connectivity index (χ2n) is 5.66. The third-order valence-electron chi connectivity index (χ3n) is 3.58.